The molecule has 0 aromatic rings. The molecule has 1 unspecified atom stereocenters. The Kier molecular flexibility index (Phi) is 6.07. The Morgan fingerprint density at radius 1 is 1.75 bits per heavy atom. The second kappa shape index (κ2) is 6.65. The summed E-state index contributed by atoms with van der Waals surface area (Å²) < 4.78 is 9.87. The average Bonchev–Trinajstić information content (AvgIpc) is 2.01. The molecule has 0 aliphatic carbocycles. The van der Waals surface area contributed by atoms with Crippen molar-refractivity contribution < 1.29 is 14.3 Å². The van der Waals surface area contributed by atoms with E-state index in [2.05, 4.69) is 12.3 Å². The first kappa shape index (κ1) is 11.0. The van der Waals surface area contributed by atoms with Crippen LogP contribution < -0.4 is 0 Å². The molecule has 3 heteroatoms. The number of ether oxygens (including phenoxy) is 2. The molecular formula is C9H14O3. The maximum absolute atomic E-state index is 10.8. The van der Waals surface area contributed by atoms with Crippen LogP contribution in [0.1, 0.15) is 20.3 Å². The van der Waals surface area contributed by atoms with Crippen LogP contribution >= 0.6 is 0 Å². The van der Waals surface area contributed by atoms with Crippen LogP contribution in [0.2, 0.25) is 0 Å². The van der Waals surface area contributed by atoms with Gasteiger partial charge in [-0.25, -0.2) is 4.79 Å². The molecule has 12 heavy (non-hydrogen) atoms. The van der Waals surface area contributed by atoms with E-state index in [4.69, 9.17) is 9.47 Å². The molecule has 0 saturated carbocycles. The first-order chi connectivity index (χ1) is 5.70. The van der Waals surface area contributed by atoms with Gasteiger partial charge in [0.15, 0.2) is 6.29 Å². The van der Waals surface area contributed by atoms with Crippen molar-refractivity contribution in [1.29, 1.82) is 0 Å². The monoisotopic (exact) mass is 170 g/mol. The summed E-state index contributed by atoms with van der Waals surface area (Å²) in [4.78, 5) is 10.8. The molecule has 0 spiro atoms. The second-order valence-corrected chi connectivity index (χ2v) is 2.22. The van der Waals surface area contributed by atoms with E-state index >= 15 is 0 Å². The van der Waals surface area contributed by atoms with Gasteiger partial charge in [-0.15, -0.1) is 5.73 Å². The molecule has 0 saturated heterocycles. The summed E-state index contributed by atoms with van der Waals surface area (Å²) in [5.74, 6) is -0.478. The summed E-state index contributed by atoms with van der Waals surface area (Å²) in [5.41, 5.74) is 2.32. The largest absolute Gasteiger partial charge is 0.432 e. The first-order valence-electron chi connectivity index (χ1n) is 3.88. The van der Waals surface area contributed by atoms with Crippen LogP contribution in [0.15, 0.2) is 18.4 Å². The Morgan fingerprint density at radius 2 is 2.42 bits per heavy atom. The van der Waals surface area contributed by atoms with Crippen molar-refractivity contribution in [3.8, 4) is 0 Å². The van der Waals surface area contributed by atoms with Crippen molar-refractivity contribution in [2.45, 2.75) is 26.6 Å². The predicted molar refractivity (Wildman–Crippen MR) is 45.5 cm³/mol. The van der Waals surface area contributed by atoms with Crippen molar-refractivity contribution >= 4 is 5.97 Å². The van der Waals surface area contributed by atoms with Crippen molar-refractivity contribution in [2.24, 2.45) is 0 Å². The highest BCUT2D eigenvalue weighted by Crippen LogP contribution is 1.95. The molecular weight excluding hydrogens is 156 g/mol. The highest BCUT2D eigenvalue weighted by Gasteiger charge is 2.04. The van der Waals surface area contributed by atoms with E-state index in [1.807, 2.05) is 6.92 Å². The van der Waals surface area contributed by atoms with E-state index in [1.165, 1.54) is 0 Å². The quantitative estimate of drug-likeness (QED) is 0.272. The molecule has 0 aromatic heterocycles. The summed E-state index contributed by atoms with van der Waals surface area (Å²) in [5, 5.41) is 0. The Morgan fingerprint density at radius 3 is 2.92 bits per heavy atom. The summed E-state index contributed by atoms with van der Waals surface area (Å²) in [6.45, 7) is 7.49. The van der Waals surface area contributed by atoms with Crippen LogP contribution in [0.4, 0.5) is 0 Å². The van der Waals surface area contributed by atoms with Gasteiger partial charge in [0.05, 0.1) is 12.7 Å². The molecule has 0 N–H and O–H groups in total. The number of rotatable bonds is 5. The molecule has 0 rings (SSSR count). The zero-order valence-electron chi connectivity index (χ0n) is 7.50. The van der Waals surface area contributed by atoms with E-state index in [-0.39, 0.29) is 0 Å². The smallest absolute Gasteiger partial charge is 0.340 e. The van der Waals surface area contributed by atoms with Crippen LogP contribution in [-0.4, -0.2) is 18.9 Å². The van der Waals surface area contributed by atoms with Gasteiger partial charge in [0, 0.05) is 0 Å². The van der Waals surface area contributed by atoms with Crippen LogP contribution in [0.25, 0.3) is 0 Å². The highest BCUT2D eigenvalue weighted by molar-refractivity contribution is 5.81. The highest BCUT2D eigenvalue weighted by atomic mass is 16.7. The SMILES string of the molecule is C=C=CC(=O)OC(C)OCCC. The average molecular weight is 170 g/mol. The zero-order chi connectivity index (χ0) is 9.40. The van der Waals surface area contributed by atoms with Crippen LogP contribution in [0, 0.1) is 0 Å². The Labute approximate surface area is 72.7 Å². The molecule has 0 amide bonds. The number of hydrogen-bond acceptors (Lipinski definition) is 3. The second-order valence-electron chi connectivity index (χ2n) is 2.22. The van der Waals surface area contributed by atoms with Crippen molar-refractivity contribution in [2.75, 3.05) is 6.61 Å². The van der Waals surface area contributed by atoms with Crippen LogP contribution in [0.5, 0.6) is 0 Å². The summed E-state index contributed by atoms with van der Waals surface area (Å²) in [6, 6.07) is 0. The van der Waals surface area contributed by atoms with Gasteiger partial charge in [0.25, 0.3) is 0 Å². The Bertz CT molecular complexity index is 180. The van der Waals surface area contributed by atoms with Gasteiger partial charge >= 0.3 is 5.97 Å². The minimum atomic E-state index is -0.498. The number of hydrogen-bond donors (Lipinski definition) is 0. The van der Waals surface area contributed by atoms with E-state index < -0.39 is 12.3 Å². The third-order valence-corrected chi connectivity index (χ3v) is 1.06. The van der Waals surface area contributed by atoms with Gasteiger partial charge in [-0.1, -0.05) is 13.5 Å². The topological polar surface area (TPSA) is 35.5 Å². The summed E-state index contributed by atoms with van der Waals surface area (Å²) in [7, 11) is 0. The molecule has 0 fully saturated rings. The fraction of sp³-hybridized carbons (Fsp3) is 0.556. The maximum Gasteiger partial charge on any atom is 0.340 e. The van der Waals surface area contributed by atoms with Gasteiger partial charge in [-0.2, -0.15) is 0 Å². The van der Waals surface area contributed by atoms with E-state index in [0.717, 1.165) is 12.5 Å². The molecule has 68 valence electrons. The van der Waals surface area contributed by atoms with Crippen molar-refractivity contribution in [3.63, 3.8) is 0 Å². The lowest BCUT2D eigenvalue weighted by Gasteiger charge is -2.11. The van der Waals surface area contributed by atoms with Crippen molar-refractivity contribution in [1.82, 2.24) is 0 Å². The molecule has 0 aliphatic rings. The van der Waals surface area contributed by atoms with Gasteiger partial charge < -0.3 is 9.47 Å². The summed E-state index contributed by atoms with van der Waals surface area (Å²) >= 11 is 0. The minimum Gasteiger partial charge on any atom is -0.432 e. The van der Waals surface area contributed by atoms with Crippen LogP contribution in [0.3, 0.4) is 0 Å². The van der Waals surface area contributed by atoms with Gasteiger partial charge in [0.2, 0.25) is 0 Å². The predicted octanol–water partition coefficient (Wildman–Crippen LogP) is 1.64. The van der Waals surface area contributed by atoms with Crippen LogP contribution in [-0.2, 0) is 14.3 Å². The number of carbonyl (C=O) groups excluding carboxylic acids is 1. The van der Waals surface area contributed by atoms with Gasteiger partial charge in [0.1, 0.15) is 0 Å². The molecule has 0 radical (unpaired) electrons. The minimum absolute atomic E-state index is 0.478. The first-order valence-corrected chi connectivity index (χ1v) is 3.88. The number of esters is 1. The Hall–Kier alpha value is -1.05. The molecule has 0 heterocycles. The standard InChI is InChI=1S/C9H14O3/c1-4-6-9(10)12-8(3)11-7-5-2/h6,8H,1,5,7H2,2-3H3. The Balaban J connectivity index is 3.60. The fourth-order valence-electron chi connectivity index (χ4n) is 0.599. The van der Waals surface area contributed by atoms with Gasteiger partial charge in [-0.3, -0.25) is 0 Å². The zero-order valence-corrected chi connectivity index (χ0v) is 7.50. The summed E-state index contributed by atoms with van der Waals surface area (Å²) in [6.07, 6.45) is 1.53. The lowest BCUT2D eigenvalue weighted by Crippen LogP contribution is -2.16. The van der Waals surface area contributed by atoms with Crippen molar-refractivity contribution in [3.05, 3.63) is 18.4 Å². The lowest BCUT2D eigenvalue weighted by molar-refractivity contribution is -0.168. The molecule has 1 atom stereocenters. The van der Waals surface area contributed by atoms with E-state index in [9.17, 15) is 4.79 Å². The fourth-order valence-corrected chi connectivity index (χ4v) is 0.599. The molecule has 3 nitrogen and oxygen atoms in total. The van der Waals surface area contributed by atoms with E-state index in [0.29, 0.717) is 6.61 Å². The lowest BCUT2D eigenvalue weighted by atomic mass is 10.5. The normalized spacial score (nSPS) is 11.5. The molecule has 0 aliphatic heterocycles. The van der Waals surface area contributed by atoms with Gasteiger partial charge in [-0.05, 0) is 13.3 Å². The molecule has 0 bridgehead atoms. The van der Waals surface area contributed by atoms with E-state index in [1.54, 1.807) is 6.92 Å². The maximum atomic E-state index is 10.8. The molecule has 0 aromatic carbocycles. The third kappa shape index (κ3) is 5.71. The third-order valence-electron chi connectivity index (χ3n) is 1.06. The number of carbonyl (C=O) groups is 1.